The molecule has 136 valence electrons. The minimum atomic E-state index is 0.617. The number of benzene rings is 1. The Morgan fingerprint density at radius 3 is 2.71 bits per heavy atom. The van der Waals surface area contributed by atoms with Gasteiger partial charge in [0.05, 0.1) is 5.39 Å². The first-order valence-electron chi connectivity index (χ1n) is 7.99. The summed E-state index contributed by atoms with van der Waals surface area (Å²) in [5, 5.41) is 27.5. The molecule has 28 heavy (non-hydrogen) atoms. The van der Waals surface area contributed by atoms with Crippen LogP contribution in [0.15, 0.2) is 52.4 Å². The molecule has 0 aliphatic rings. The molecule has 0 fully saturated rings. The van der Waals surface area contributed by atoms with Gasteiger partial charge in [-0.15, -0.1) is 31.7 Å². The summed E-state index contributed by atoms with van der Waals surface area (Å²) in [5.74, 6) is 0. The summed E-state index contributed by atoms with van der Waals surface area (Å²) >= 11 is 10.4. The lowest BCUT2D eigenvalue weighted by molar-refractivity contribution is 0.814. The number of fused-ring (bicyclic) bond motifs is 4. The fraction of sp³-hybridized carbons (Fsp3) is 0. The summed E-state index contributed by atoms with van der Waals surface area (Å²) in [6.07, 6.45) is 1.73. The van der Waals surface area contributed by atoms with Gasteiger partial charge < -0.3 is 0 Å². The van der Waals surface area contributed by atoms with Crippen LogP contribution in [0.1, 0.15) is 0 Å². The fourth-order valence-corrected chi connectivity index (χ4v) is 5.30. The van der Waals surface area contributed by atoms with Gasteiger partial charge in [-0.2, -0.15) is 9.61 Å². The predicted octanol–water partition coefficient (Wildman–Crippen LogP) is 4.31. The molecule has 0 unspecified atom stereocenters. The van der Waals surface area contributed by atoms with Crippen molar-refractivity contribution < 1.29 is 0 Å². The van der Waals surface area contributed by atoms with E-state index in [-0.39, 0.29) is 0 Å². The highest BCUT2D eigenvalue weighted by molar-refractivity contribution is 7.99. The van der Waals surface area contributed by atoms with Gasteiger partial charge in [-0.05, 0) is 35.3 Å². The Labute approximate surface area is 173 Å². The molecule has 0 amide bonds. The molecule has 6 aromatic rings. The van der Waals surface area contributed by atoms with Crippen molar-refractivity contribution in [3.8, 4) is 10.6 Å². The number of nitrogens with zero attached hydrogens (tertiary/aromatic N) is 8. The molecule has 0 aliphatic carbocycles. The van der Waals surface area contributed by atoms with Gasteiger partial charge in [0.2, 0.25) is 15.3 Å². The van der Waals surface area contributed by atoms with Crippen LogP contribution in [0.3, 0.4) is 0 Å². The van der Waals surface area contributed by atoms with Crippen LogP contribution in [0.4, 0.5) is 0 Å². The Kier molecular flexibility index (Phi) is 3.63. The summed E-state index contributed by atoms with van der Waals surface area (Å²) in [7, 11) is 0. The summed E-state index contributed by atoms with van der Waals surface area (Å²) in [4.78, 5) is 6.11. The highest BCUT2D eigenvalue weighted by Gasteiger charge is 2.18. The van der Waals surface area contributed by atoms with Gasteiger partial charge in [0.1, 0.15) is 16.2 Å². The second-order valence-electron chi connectivity index (χ2n) is 5.75. The molecule has 0 saturated heterocycles. The molecule has 5 heterocycles. The average molecular weight is 443 g/mol. The second-order valence-corrected chi connectivity index (χ2v) is 8.97. The van der Waals surface area contributed by atoms with Crippen molar-refractivity contribution in [2.24, 2.45) is 0 Å². The monoisotopic (exact) mass is 442 g/mol. The van der Waals surface area contributed by atoms with Crippen molar-refractivity contribution in [1.29, 1.82) is 0 Å². The number of hydrogen-bond acceptors (Lipinski definition) is 9. The summed E-state index contributed by atoms with van der Waals surface area (Å²) in [6.45, 7) is 0. The van der Waals surface area contributed by atoms with Gasteiger partial charge in [-0.3, -0.25) is 4.40 Å². The quantitative estimate of drug-likeness (QED) is 0.403. The minimum Gasteiger partial charge on any atom is -0.259 e. The fourth-order valence-electron chi connectivity index (χ4n) is 2.77. The highest BCUT2D eigenvalue weighted by atomic mass is 35.5. The molecule has 0 atom stereocenters. The average Bonchev–Trinajstić information content (AvgIpc) is 3.46. The molecule has 5 aromatic heterocycles. The van der Waals surface area contributed by atoms with Crippen molar-refractivity contribution in [3.05, 3.63) is 47.1 Å². The first-order chi connectivity index (χ1) is 13.8. The Hall–Kier alpha value is -2.60. The van der Waals surface area contributed by atoms with Crippen LogP contribution in [-0.4, -0.2) is 39.4 Å². The van der Waals surface area contributed by atoms with E-state index in [9.17, 15) is 0 Å². The van der Waals surface area contributed by atoms with E-state index in [4.69, 9.17) is 11.6 Å². The van der Waals surface area contributed by atoms with E-state index in [1.165, 1.54) is 23.1 Å². The standard InChI is InChI=1S/C16H7ClN8S3/c17-9-3-1-8(2-4-9)12-23-25-15(27-12)21-22-16(25)28-14-20-19-11-10-5-6-26-13(10)18-7-24(11)14/h1-7H. The van der Waals surface area contributed by atoms with E-state index in [1.807, 2.05) is 40.1 Å². The Morgan fingerprint density at radius 1 is 0.964 bits per heavy atom. The van der Waals surface area contributed by atoms with Gasteiger partial charge in [0.15, 0.2) is 5.65 Å². The van der Waals surface area contributed by atoms with E-state index in [0.717, 1.165) is 26.4 Å². The number of rotatable bonds is 3. The van der Waals surface area contributed by atoms with Crippen molar-refractivity contribution in [2.45, 2.75) is 10.3 Å². The maximum atomic E-state index is 5.97. The van der Waals surface area contributed by atoms with Crippen LogP contribution in [-0.2, 0) is 0 Å². The molecule has 8 nitrogen and oxygen atoms in total. The zero-order valence-corrected chi connectivity index (χ0v) is 16.9. The lowest BCUT2D eigenvalue weighted by Crippen LogP contribution is -1.93. The van der Waals surface area contributed by atoms with Crippen LogP contribution < -0.4 is 0 Å². The topological polar surface area (TPSA) is 86.2 Å². The van der Waals surface area contributed by atoms with E-state index in [0.29, 0.717) is 20.3 Å². The number of halogens is 1. The molecule has 1 aromatic carbocycles. The third kappa shape index (κ3) is 2.51. The van der Waals surface area contributed by atoms with Crippen LogP contribution in [0.2, 0.25) is 5.02 Å². The number of aromatic nitrogens is 8. The Balaban J connectivity index is 1.41. The maximum absolute atomic E-state index is 5.97. The molecule has 0 radical (unpaired) electrons. The van der Waals surface area contributed by atoms with Crippen LogP contribution in [0, 0.1) is 0 Å². The van der Waals surface area contributed by atoms with Crippen molar-refractivity contribution in [1.82, 2.24) is 39.4 Å². The summed E-state index contributed by atoms with van der Waals surface area (Å²) < 4.78 is 3.57. The van der Waals surface area contributed by atoms with Crippen molar-refractivity contribution in [2.75, 3.05) is 0 Å². The van der Waals surface area contributed by atoms with Crippen LogP contribution in [0.25, 0.3) is 31.4 Å². The molecule has 0 spiro atoms. The second kappa shape index (κ2) is 6.21. The van der Waals surface area contributed by atoms with Crippen LogP contribution in [0.5, 0.6) is 0 Å². The Bertz CT molecular complexity index is 1460. The first-order valence-corrected chi connectivity index (χ1v) is 10.9. The molecule has 0 N–H and O–H groups in total. The first kappa shape index (κ1) is 16.4. The third-order valence-corrected chi connectivity index (χ3v) is 7.00. The zero-order chi connectivity index (χ0) is 18.7. The number of hydrogen-bond donors (Lipinski definition) is 0. The van der Waals surface area contributed by atoms with E-state index < -0.39 is 0 Å². The molecule has 6 rings (SSSR count). The smallest absolute Gasteiger partial charge is 0.235 e. The summed E-state index contributed by atoms with van der Waals surface area (Å²) in [5.41, 5.74) is 1.75. The van der Waals surface area contributed by atoms with E-state index >= 15 is 0 Å². The predicted molar refractivity (Wildman–Crippen MR) is 109 cm³/mol. The van der Waals surface area contributed by atoms with Gasteiger partial charge in [-0.1, -0.05) is 35.1 Å². The molecular formula is C16H7ClN8S3. The molecule has 0 saturated carbocycles. The number of thiophene rings is 1. The lowest BCUT2D eigenvalue weighted by atomic mass is 10.2. The highest BCUT2D eigenvalue weighted by Crippen LogP contribution is 2.32. The maximum Gasteiger partial charge on any atom is 0.235 e. The normalized spacial score (nSPS) is 11.9. The minimum absolute atomic E-state index is 0.617. The molecule has 12 heteroatoms. The SMILES string of the molecule is Clc1ccc(-c2nn3c(Sc4nnc5c6ccsc6ncn45)nnc3s2)cc1. The third-order valence-electron chi connectivity index (χ3n) is 4.08. The molecule has 0 aliphatic heterocycles. The van der Waals surface area contributed by atoms with Crippen molar-refractivity contribution >= 4 is 66.9 Å². The van der Waals surface area contributed by atoms with E-state index in [1.54, 1.807) is 22.2 Å². The van der Waals surface area contributed by atoms with Gasteiger partial charge in [-0.25, -0.2) is 4.98 Å². The Morgan fingerprint density at radius 2 is 1.82 bits per heavy atom. The van der Waals surface area contributed by atoms with Gasteiger partial charge in [0, 0.05) is 10.6 Å². The zero-order valence-electron chi connectivity index (χ0n) is 13.7. The van der Waals surface area contributed by atoms with Gasteiger partial charge in [0.25, 0.3) is 0 Å². The van der Waals surface area contributed by atoms with E-state index in [2.05, 4.69) is 30.5 Å². The van der Waals surface area contributed by atoms with Crippen LogP contribution >= 0.6 is 46.0 Å². The summed E-state index contributed by atoms with van der Waals surface area (Å²) in [6, 6.07) is 9.56. The van der Waals surface area contributed by atoms with Gasteiger partial charge >= 0.3 is 0 Å². The molecule has 0 bridgehead atoms. The lowest BCUT2D eigenvalue weighted by Gasteiger charge is -1.98. The van der Waals surface area contributed by atoms with Crippen molar-refractivity contribution in [3.63, 3.8) is 0 Å². The largest absolute Gasteiger partial charge is 0.259 e. The molecular weight excluding hydrogens is 436 g/mol.